The molecule has 118 valence electrons. The highest BCUT2D eigenvalue weighted by Crippen LogP contribution is 2.27. The Morgan fingerprint density at radius 3 is 2.86 bits per heavy atom. The molecule has 1 fully saturated rings. The summed E-state index contributed by atoms with van der Waals surface area (Å²) in [7, 11) is 2.02. The third-order valence-electron chi connectivity index (χ3n) is 4.10. The molecule has 0 aromatic heterocycles. The zero-order valence-corrected chi connectivity index (χ0v) is 13.6. The van der Waals surface area contributed by atoms with Crippen LogP contribution < -0.4 is 10.1 Å². The van der Waals surface area contributed by atoms with Crippen molar-refractivity contribution in [3.63, 3.8) is 0 Å². The van der Waals surface area contributed by atoms with E-state index in [0.29, 0.717) is 18.8 Å². The van der Waals surface area contributed by atoms with E-state index in [4.69, 9.17) is 9.47 Å². The summed E-state index contributed by atoms with van der Waals surface area (Å²) in [5.41, 5.74) is 1.23. The normalized spacial score (nSPS) is 24.8. The van der Waals surface area contributed by atoms with E-state index in [1.165, 1.54) is 5.56 Å². The van der Waals surface area contributed by atoms with Gasteiger partial charge in [0.1, 0.15) is 5.75 Å². The maximum Gasteiger partial charge on any atom is 0.124 e. The maximum atomic E-state index is 5.77. The third kappa shape index (κ3) is 4.19. The Morgan fingerprint density at radius 2 is 2.14 bits per heavy atom. The number of hydrogen-bond acceptors (Lipinski definition) is 4. The van der Waals surface area contributed by atoms with Crippen molar-refractivity contribution in [1.82, 2.24) is 10.2 Å². The summed E-state index contributed by atoms with van der Waals surface area (Å²) in [6.07, 6.45) is 0.306. The summed E-state index contributed by atoms with van der Waals surface area (Å²) >= 11 is 0. The molecular weight excluding hydrogens is 264 g/mol. The van der Waals surface area contributed by atoms with Crippen LogP contribution in [-0.4, -0.2) is 50.4 Å². The fourth-order valence-electron chi connectivity index (χ4n) is 2.86. The smallest absolute Gasteiger partial charge is 0.124 e. The molecule has 0 amide bonds. The molecule has 4 nitrogen and oxygen atoms in total. The molecule has 1 aromatic carbocycles. The fraction of sp³-hybridized carbons (Fsp3) is 0.647. The first kappa shape index (κ1) is 16.3. The lowest BCUT2D eigenvalue weighted by Crippen LogP contribution is -2.49. The van der Waals surface area contributed by atoms with Crippen molar-refractivity contribution in [3.05, 3.63) is 29.8 Å². The highest BCUT2D eigenvalue weighted by molar-refractivity contribution is 5.36. The van der Waals surface area contributed by atoms with Gasteiger partial charge in [0, 0.05) is 30.7 Å². The standard InChI is InChI=1S/C17H28N2O2/c1-5-20-17-9-7-6-8-15(17)16(18-4)11-19-10-14(3)21-12-13(19)2/h6-9,13-14,16,18H,5,10-12H2,1-4H3. The Hall–Kier alpha value is -1.10. The summed E-state index contributed by atoms with van der Waals surface area (Å²) in [5.74, 6) is 0.980. The lowest BCUT2D eigenvalue weighted by molar-refractivity contribution is -0.0520. The summed E-state index contributed by atoms with van der Waals surface area (Å²) in [6.45, 7) is 9.85. The number of nitrogens with one attached hydrogen (secondary N) is 1. The van der Waals surface area contributed by atoms with Gasteiger partial charge in [-0.3, -0.25) is 4.90 Å². The maximum absolute atomic E-state index is 5.77. The van der Waals surface area contributed by atoms with E-state index in [1.54, 1.807) is 0 Å². The average Bonchev–Trinajstić information content (AvgIpc) is 2.49. The zero-order valence-electron chi connectivity index (χ0n) is 13.6. The van der Waals surface area contributed by atoms with Gasteiger partial charge in [-0.25, -0.2) is 0 Å². The van der Waals surface area contributed by atoms with Crippen molar-refractivity contribution in [2.24, 2.45) is 0 Å². The van der Waals surface area contributed by atoms with Crippen molar-refractivity contribution >= 4 is 0 Å². The number of benzene rings is 1. The Bertz CT molecular complexity index is 439. The van der Waals surface area contributed by atoms with Crippen LogP contribution in [0.25, 0.3) is 0 Å². The predicted molar refractivity (Wildman–Crippen MR) is 85.9 cm³/mol. The van der Waals surface area contributed by atoms with Crippen molar-refractivity contribution in [1.29, 1.82) is 0 Å². The van der Waals surface area contributed by atoms with E-state index in [9.17, 15) is 0 Å². The summed E-state index contributed by atoms with van der Waals surface area (Å²) in [4.78, 5) is 2.50. The van der Waals surface area contributed by atoms with Crippen LogP contribution in [0.5, 0.6) is 5.75 Å². The quantitative estimate of drug-likeness (QED) is 0.873. The van der Waals surface area contributed by atoms with Crippen LogP contribution in [0.2, 0.25) is 0 Å². The molecule has 1 aromatic rings. The van der Waals surface area contributed by atoms with E-state index in [0.717, 1.165) is 25.4 Å². The number of ether oxygens (including phenoxy) is 2. The molecule has 2 rings (SSSR count). The van der Waals surface area contributed by atoms with Gasteiger partial charge in [0.15, 0.2) is 0 Å². The molecule has 1 aliphatic heterocycles. The molecule has 1 saturated heterocycles. The third-order valence-corrected chi connectivity index (χ3v) is 4.10. The first-order chi connectivity index (χ1) is 10.2. The minimum Gasteiger partial charge on any atom is -0.494 e. The van der Waals surface area contributed by atoms with E-state index < -0.39 is 0 Å². The molecule has 0 bridgehead atoms. The minimum absolute atomic E-state index is 0.264. The fourth-order valence-corrected chi connectivity index (χ4v) is 2.86. The molecule has 4 heteroatoms. The lowest BCUT2D eigenvalue weighted by atomic mass is 10.0. The van der Waals surface area contributed by atoms with Gasteiger partial charge in [-0.05, 0) is 33.9 Å². The highest BCUT2D eigenvalue weighted by atomic mass is 16.5. The molecule has 21 heavy (non-hydrogen) atoms. The van der Waals surface area contributed by atoms with Crippen LogP contribution in [0.3, 0.4) is 0 Å². The minimum atomic E-state index is 0.264. The molecular formula is C17H28N2O2. The van der Waals surface area contributed by atoms with Crippen LogP contribution >= 0.6 is 0 Å². The molecule has 0 radical (unpaired) electrons. The van der Waals surface area contributed by atoms with Gasteiger partial charge in [0.05, 0.1) is 19.3 Å². The molecule has 3 atom stereocenters. The molecule has 0 aliphatic carbocycles. The second kappa shape index (κ2) is 7.78. The van der Waals surface area contributed by atoms with Crippen molar-refractivity contribution < 1.29 is 9.47 Å². The number of rotatable bonds is 6. The number of nitrogens with zero attached hydrogens (tertiary/aromatic N) is 1. The van der Waals surface area contributed by atoms with E-state index in [1.807, 2.05) is 20.0 Å². The molecule has 3 unspecified atom stereocenters. The second-order valence-electron chi connectivity index (χ2n) is 5.76. The first-order valence-electron chi connectivity index (χ1n) is 7.90. The SMILES string of the molecule is CCOc1ccccc1C(CN1CC(C)OCC1C)NC. The second-order valence-corrected chi connectivity index (χ2v) is 5.76. The highest BCUT2D eigenvalue weighted by Gasteiger charge is 2.26. The Kier molecular flexibility index (Phi) is 6.03. The number of morpholine rings is 1. The topological polar surface area (TPSA) is 33.7 Å². The Balaban J connectivity index is 2.12. The number of hydrogen-bond donors (Lipinski definition) is 1. The van der Waals surface area contributed by atoms with E-state index in [2.05, 4.69) is 42.3 Å². The van der Waals surface area contributed by atoms with Gasteiger partial charge in [-0.2, -0.15) is 0 Å². The van der Waals surface area contributed by atoms with Crippen LogP contribution in [0.15, 0.2) is 24.3 Å². The summed E-state index contributed by atoms with van der Waals surface area (Å²) in [6, 6.07) is 9.03. The van der Waals surface area contributed by atoms with Gasteiger partial charge < -0.3 is 14.8 Å². The van der Waals surface area contributed by atoms with Crippen molar-refractivity contribution in [2.45, 2.75) is 39.0 Å². The van der Waals surface area contributed by atoms with E-state index in [-0.39, 0.29) is 6.04 Å². The zero-order chi connectivity index (χ0) is 15.2. The summed E-state index contributed by atoms with van der Waals surface area (Å²) < 4.78 is 11.5. The van der Waals surface area contributed by atoms with Crippen LogP contribution in [0.1, 0.15) is 32.4 Å². The van der Waals surface area contributed by atoms with Crippen molar-refractivity contribution in [3.8, 4) is 5.75 Å². The molecule has 0 spiro atoms. The van der Waals surface area contributed by atoms with Gasteiger partial charge in [0.2, 0.25) is 0 Å². The van der Waals surface area contributed by atoms with Crippen LogP contribution in [0, 0.1) is 0 Å². The molecule has 1 aliphatic rings. The lowest BCUT2D eigenvalue weighted by Gasteiger charge is -2.39. The van der Waals surface area contributed by atoms with Crippen LogP contribution in [0.4, 0.5) is 0 Å². The monoisotopic (exact) mass is 292 g/mol. The van der Waals surface area contributed by atoms with Crippen molar-refractivity contribution in [2.75, 3.05) is 33.4 Å². The largest absolute Gasteiger partial charge is 0.494 e. The summed E-state index contributed by atoms with van der Waals surface area (Å²) in [5, 5.41) is 3.44. The molecule has 0 saturated carbocycles. The molecule has 1 heterocycles. The van der Waals surface area contributed by atoms with Gasteiger partial charge in [-0.1, -0.05) is 18.2 Å². The Morgan fingerprint density at radius 1 is 1.38 bits per heavy atom. The van der Waals surface area contributed by atoms with Gasteiger partial charge >= 0.3 is 0 Å². The average molecular weight is 292 g/mol. The van der Waals surface area contributed by atoms with Gasteiger partial charge in [0.25, 0.3) is 0 Å². The van der Waals surface area contributed by atoms with E-state index >= 15 is 0 Å². The number of para-hydroxylation sites is 1. The predicted octanol–water partition coefficient (Wildman–Crippen LogP) is 2.46. The van der Waals surface area contributed by atoms with Crippen LogP contribution in [-0.2, 0) is 4.74 Å². The first-order valence-corrected chi connectivity index (χ1v) is 7.90. The molecule has 1 N–H and O–H groups in total. The Labute approximate surface area is 128 Å². The van der Waals surface area contributed by atoms with Gasteiger partial charge in [-0.15, -0.1) is 0 Å². The number of likely N-dealkylation sites (N-methyl/N-ethyl adjacent to an activating group) is 1.